The van der Waals surface area contributed by atoms with E-state index in [9.17, 15) is 4.79 Å². The van der Waals surface area contributed by atoms with E-state index in [2.05, 4.69) is 23.3 Å². The average Bonchev–Trinajstić information content (AvgIpc) is 2.83. The lowest BCUT2D eigenvalue weighted by molar-refractivity contribution is 0.406. The maximum Gasteiger partial charge on any atom is 0.304 e. The van der Waals surface area contributed by atoms with Gasteiger partial charge in [-0.2, -0.15) is 0 Å². The zero-order chi connectivity index (χ0) is 13.7. The molecule has 2 aromatic rings. The molecular formula is C14H18N2O2S. The molecule has 1 atom stereocenters. The Hall–Kier alpha value is -1.59. The molecule has 1 unspecified atom stereocenters. The molecule has 2 N–H and O–H groups in total. The second-order valence-corrected chi connectivity index (χ2v) is 5.31. The molecule has 5 heteroatoms. The normalized spacial score (nSPS) is 12.3. The molecule has 4 nitrogen and oxygen atoms in total. The fraction of sp³-hybridized carbons (Fsp3) is 0.357. The highest BCUT2D eigenvalue weighted by Crippen LogP contribution is 2.18. The van der Waals surface area contributed by atoms with Crippen molar-refractivity contribution >= 4 is 11.3 Å². The number of nitrogens with one attached hydrogen (secondary N) is 2. The van der Waals surface area contributed by atoms with E-state index in [0.29, 0.717) is 12.6 Å². The van der Waals surface area contributed by atoms with Crippen LogP contribution in [-0.2, 0) is 13.0 Å². The van der Waals surface area contributed by atoms with Gasteiger partial charge in [-0.3, -0.25) is 4.79 Å². The van der Waals surface area contributed by atoms with Gasteiger partial charge in [-0.15, -0.1) is 0 Å². The molecule has 0 aliphatic heterocycles. The Bertz CT molecular complexity index is 577. The first-order chi connectivity index (χ1) is 9.19. The van der Waals surface area contributed by atoms with E-state index in [-0.39, 0.29) is 4.87 Å². The molecule has 1 aromatic carbocycles. The Kier molecular flexibility index (Phi) is 4.76. The molecule has 102 valence electrons. The van der Waals surface area contributed by atoms with Gasteiger partial charge in [0.05, 0.1) is 7.11 Å². The molecular weight excluding hydrogens is 260 g/mol. The highest BCUT2D eigenvalue weighted by atomic mass is 32.1. The maximum atomic E-state index is 11.0. The Balaban J connectivity index is 1.90. The van der Waals surface area contributed by atoms with Gasteiger partial charge in [-0.1, -0.05) is 29.5 Å². The lowest BCUT2D eigenvalue weighted by Gasteiger charge is -2.15. The monoisotopic (exact) mass is 278 g/mol. The van der Waals surface area contributed by atoms with Crippen LogP contribution in [0.5, 0.6) is 5.75 Å². The summed E-state index contributed by atoms with van der Waals surface area (Å²) < 4.78 is 5.34. The van der Waals surface area contributed by atoms with Crippen LogP contribution >= 0.6 is 11.3 Å². The van der Waals surface area contributed by atoms with Crippen LogP contribution in [0.25, 0.3) is 0 Å². The van der Waals surface area contributed by atoms with Crippen molar-refractivity contribution in [3.8, 4) is 5.75 Å². The van der Waals surface area contributed by atoms with Crippen molar-refractivity contribution in [3.63, 3.8) is 0 Å². The molecule has 0 fully saturated rings. The van der Waals surface area contributed by atoms with Gasteiger partial charge in [0.15, 0.2) is 0 Å². The minimum Gasteiger partial charge on any atom is -0.496 e. The largest absolute Gasteiger partial charge is 0.496 e. The van der Waals surface area contributed by atoms with Gasteiger partial charge in [0.2, 0.25) is 0 Å². The molecule has 19 heavy (non-hydrogen) atoms. The van der Waals surface area contributed by atoms with Crippen LogP contribution in [0, 0.1) is 0 Å². The summed E-state index contributed by atoms with van der Waals surface area (Å²) in [6.45, 7) is 2.80. The highest BCUT2D eigenvalue weighted by molar-refractivity contribution is 7.07. The second-order valence-electron chi connectivity index (χ2n) is 4.47. The molecule has 0 aliphatic carbocycles. The maximum absolute atomic E-state index is 11.0. The third kappa shape index (κ3) is 3.94. The number of thiazole rings is 1. The zero-order valence-electron chi connectivity index (χ0n) is 11.1. The number of H-pyrrole nitrogens is 1. The minimum absolute atomic E-state index is 0.00539. The summed E-state index contributed by atoms with van der Waals surface area (Å²) in [4.78, 5) is 13.8. The molecule has 0 aliphatic rings. The van der Waals surface area contributed by atoms with E-state index < -0.39 is 0 Å². The summed E-state index contributed by atoms with van der Waals surface area (Å²) in [6, 6.07) is 8.33. The lowest BCUT2D eigenvalue weighted by atomic mass is 10.1. The van der Waals surface area contributed by atoms with Crippen LogP contribution in [-0.4, -0.2) is 18.1 Å². The summed E-state index contributed by atoms with van der Waals surface area (Å²) in [6.07, 6.45) is 0.887. The molecule has 1 aromatic heterocycles. The van der Waals surface area contributed by atoms with E-state index in [1.165, 1.54) is 16.9 Å². The standard InChI is InChI=1S/C14H18N2O2S/c1-10(15-8-12-9-19-14(17)16-12)7-11-5-3-4-6-13(11)18-2/h3-6,9-10,15H,7-8H2,1-2H3,(H,16,17). The number of hydrogen-bond acceptors (Lipinski definition) is 4. The summed E-state index contributed by atoms with van der Waals surface area (Å²) >= 11 is 1.20. The second kappa shape index (κ2) is 6.54. The van der Waals surface area contributed by atoms with Crippen molar-refractivity contribution in [3.05, 3.63) is 50.6 Å². The number of para-hydroxylation sites is 1. The zero-order valence-corrected chi connectivity index (χ0v) is 11.9. The Morgan fingerprint density at radius 1 is 1.42 bits per heavy atom. The van der Waals surface area contributed by atoms with Crippen molar-refractivity contribution in [1.29, 1.82) is 0 Å². The fourth-order valence-electron chi connectivity index (χ4n) is 1.96. The number of hydrogen-bond donors (Lipinski definition) is 2. The van der Waals surface area contributed by atoms with Crippen molar-refractivity contribution in [1.82, 2.24) is 10.3 Å². The molecule has 0 bridgehead atoms. The Morgan fingerprint density at radius 3 is 2.89 bits per heavy atom. The van der Waals surface area contributed by atoms with E-state index in [1.807, 2.05) is 23.6 Å². The van der Waals surface area contributed by atoms with E-state index in [0.717, 1.165) is 17.9 Å². The highest BCUT2D eigenvalue weighted by Gasteiger charge is 2.08. The number of ether oxygens (including phenoxy) is 1. The third-order valence-corrected chi connectivity index (χ3v) is 3.65. The topological polar surface area (TPSA) is 54.1 Å². The number of benzene rings is 1. The number of aromatic amines is 1. The van der Waals surface area contributed by atoms with Crippen LogP contribution in [0.4, 0.5) is 0 Å². The third-order valence-electron chi connectivity index (χ3n) is 2.93. The van der Waals surface area contributed by atoms with Crippen LogP contribution < -0.4 is 14.9 Å². The van der Waals surface area contributed by atoms with E-state index in [4.69, 9.17) is 4.74 Å². The van der Waals surface area contributed by atoms with Crippen LogP contribution in [0.3, 0.4) is 0 Å². The molecule has 2 rings (SSSR count). The number of rotatable bonds is 6. The SMILES string of the molecule is COc1ccccc1CC(C)NCc1csc(=O)[nH]1. The van der Waals surface area contributed by atoms with Crippen LogP contribution in [0.1, 0.15) is 18.2 Å². The first kappa shape index (κ1) is 13.8. The predicted octanol–water partition coefficient (Wildman–Crippen LogP) is 2.17. The van der Waals surface area contributed by atoms with Gasteiger partial charge in [0, 0.05) is 23.7 Å². The van der Waals surface area contributed by atoms with Gasteiger partial charge in [0.25, 0.3) is 0 Å². The minimum atomic E-state index is -0.00539. The summed E-state index contributed by atoms with van der Waals surface area (Å²) in [7, 11) is 1.69. The van der Waals surface area contributed by atoms with Gasteiger partial charge >= 0.3 is 4.87 Å². The Morgan fingerprint density at radius 2 is 2.21 bits per heavy atom. The first-order valence-electron chi connectivity index (χ1n) is 6.21. The summed E-state index contributed by atoms with van der Waals surface area (Å²) in [5.74, 6) is 0.917. The molecule has 0 saturated heterocycles. The quantitative estimate of drug-likeness (QED) is 0.851. The van der Waals surface area contributed by atoms with Gasteiger partial charge in [-0.25, -0.2) is 0 Å². The molecule has 0 amide bonds. The van der Waals surface area contributed by atoms with Gasteiger partial charge in [-0.05, 0) is 25.0 Å². The number of aromatic nitrogens is 1. The van der Waals surface area contributed by atoms with Crippen molar-refractivity contribution in [2.45, 2.75) is 25.9 Å². The van der Waals surface area contributed by atoms with Gasteiger partial charge < -0.3 is 15.0 Å². The lowest BCUT2D eigenvalue weighted by Crippen LogP contribution is -2.28. The van der Waals surface area contributed by atoms with Gasteiger partial charge in [0.1, 0.15) is 5.75 Å². The smallest absolute Gasteiger partial charge is 0.304 e. The summed E-state index contributed by atoms with van der Waals surface area (Å²) in [5, 5.41) is 5.25. The van der Waals surface area contributed by atoms with Crippen molar-refractivity contribution in [2.75, 3.05) is 7.11 Å². The summed E-state index contributed by atoms with van der Waals surface area (Å²) in [5.41, 5.74) is 2.12. The fourth-order valence-corrected chi connectivity index (χ4v) is 2.54. The first-order valence-corrected chi connectivity index (χ1v) is 7.09. The predicted molar refractivity (Wildman–Crippen MR) is 77.9 cm³/mol. The van der Waals surface area contributed by atoms with Crippen LogP contribution in [0.2, 0.25) is 0 Å². The molecule has 0 radical (unpaired) electrons. The molecule has 1 heterocycles. The Labute approximate surface area is 116 Å². The average molecular weight is 278 g/mol. The van der Waals surface area contributed by atoms with Crippen molar-refractivity contribution in [2.24, 2.45) is 0 Å². The van der Waals surface area contributed by atoms with Crippen molar-refractivity contribution < 1.29 is 4.74 Å². The van der Waals surface area contributed by atoms with E-state index in [1.54, 1.807) is 7.11 Å². The molecule has 0 spiro atoms. The number of methoxy groups -OCH3 is 1. The molecule has 0 saturated carbocycles. The van der Waals surface area contributed by atoms with E-state index >= 15 is 0 Å². The van der Waals surface area contributed by atoms with Crippen LogP contribution in [0.15, 0.2) is 34.4 Å².